The van der Waals surface area contributed by atoms with E-state index in [1.807, 2.05) is 6.20 Å². The lowest BCUT2D eigenvalue weighted by atomic mass is 9.93. The van der Waals surface area contributed by atoms with Crippen molar-refractivity contribution in [3.05, 3.63) is 47.3 Å². The summed E-state index contributed by atoms with van der Waals surface area (Å²) in [4.78, 5) is 0. The van der Waals surface area contributed by atoms with Crippen molar-refractivity contribution in [3.63, 3.8) is 0 Å². The SMILES string of the molecule is Cc1cc2c(c(N)c1-c1ccn3nncc3c1)CCC2. The molecular formula is C16H16N4. The van der Waals surface area contributed by atoms with E-state index in [-0.39, 0.29) is 0 Å². The van der Waals surface area contributed by atoms with Crippen LogP contribution in [0, 0.1) is 6.92 Å². The van der Waals surface area contributed by atoms with Gasteiger partial charge in [-0.3, -0.25) is 0 Å². The summed E-state index contributed by atoms with van der Waals surface area (Å²) >= 11 is 0. The van der Waals surface area contributed by atoms with Crippen molar-refractivity contribution >= 4 is 11.2 Å². The highest BCUT2D eigenvalue weighted by atomic mass is 15.4. The minimum atomic E-state index is 0.953. The zero-order valence-electron chi connectivity index (χ0n) is 11.4. The summed E-state index contributed by atoms with van der Waals surface area (Å²) in [7, 11) is 0. The molecule has 2 N–H and O–H groups in total. The van der Waals surface area contributed by atoms with Crippen LogP contribution in [0.25, 0.3) is 16.6 Å². The van der Waals surface area contributed by atoms with Crippen LogP contribution in [0.5, 0.6) is 0 Å². The van der Waals surface area contributed by atoms with E-state index in [9.17, 15) is 0 Å². The number of rotatable bonds is 1. The number of hydrogen-bond acceptors (Lipinski definition) is 3. The predicted molar refractivity (Wildman–Crippen MR) is 79.6 cm³/mol. The highest BCUT2D eigenvalue weighted by molar-refractivity contribution is 5.84. The van der Waals surface area contributed by atoms with Crippen molar-refractivity contribution in [2.24, 2.45) is 0 Å². The molecule has 0 fully saturated rings. The van der Waals surface area contributed by atoms with Gasteiger partial charge in [-0.1, -0.05) is 11.3 Å². The number of pyridine rings is 1. The van der Waals surface area contributed by atoms with E-state index >= 15 is 0 Å². The van der Waals surface area contributed by atoms with Gasteiger partial charge in [0.25, 0.3) is 0 Å². The standard InChI is InChI=1S/C16H16N4/c1-10-7-11-3-2-4-14(11)16(17)15(10)12-5-6-20-13(8-12)9-18-19-20/h5-9H,2-4,17H2,1H3. The molecule has 1 aromatic carbocycles. The predicted octanol–water partition coefficient (Wildman–Crippen LogP) is 2.78. The summed E-state index contributed by atoms with van der Waals surface area (Å²) in [6.07, 6.45) is 7.18. The molecule has 0 amide bonds. The number of aryl methyl sites for hydroxylation is 2. The summed E-state index contributed by atoms with van der Waals surface area (Å²) in [6, 6.07) is 6.45. The molecule has 2 heterocycles. The largest absolute Gasteiger partial charge is 0.398 e. The van der Waals surface area contributed by atoms with E-state index < -0.39 is 0 Å². The average Bonchev–Trinajstić information content (AvgIpc) is 3.06. The van der Waals surface area contributed by atoms with Crippen molar-refractivity contribution in [2.45, 2.75) is 26.2 Å². The van der Waals surface area contributed by atoms with Gasteiger partial charge in [-0.05, 0) is 60.6 Å². The smallest absolute Gasteiger partial charge is 0.0871 e. The van der Waals surface area contributed by atoms with E-state index in [0.717, 1.165) is 35.2 Å². The van der Waals surface area contributed by atoms with Gasteiger partial charge < -0.3 is 5.73 Å². The van der Waals surface area contributed by atoms with Gasteiger partial charge in [0.15, 0.2) is 0 Å². The molecule has 0 unspecified atom stereocenters. The normalized spacial score (nSPS) is 13.8. The minimum absolute atomic E-state index is 0.953. The topological polar surface area (TPSA) is 56.2 Å². The number of nitrogens with two attached hydrogens (primary N) is 1. The molecule has 2 aromatic heterocycles. The second-order valence-corrected chi connectivity index (χ2v) is 5.49. The number of fused-ring (bicyclic) bond motifs is 2. The van der Waals surface area contributed by atoms with E-state index in [0.29, 0.717) is 0 Å². The third-order valence-electron chi connectivity index (χ3n) is 4.23. The molecule has 4 heteroatoms. The van der Waals surface area contributed by atoms with Crippen LogP contribution in [0.4, 0.5) is 5.69 Å². The Morgan fingerprint density at radius 1 is 1.25 bits per heavy atom. The molecule has 0 aliphatic heterocycles. The Labute approximate surface area is 117 Å². The minimum Gasteiger partial charge on any atom is -0.398 e. The molecule has 4 nitrogen and oxygen atoms in total. The molecule has 0 radical (unpaired) electrons. The summed E-state index contributed by atoms with van der Waals surface area (Å²) in [5.74, 6) is 0. The van der Waals surface area contributed by atoms with Crippen LogP contribution in [0.3, 0.4) is 0 Å². The van der Waals surface area contributed by atoms with Gasteiger partial charge in [0.2, 0.25) is 0 Å². The molecule has 4 rings (SSSR count). The van der Waals surface area contributed by atoms with E-state index in [1.165, 1.54) is 23.1 Å². The average molecular weight is 264 g/mol. The monoisotopic (exact) mass is 264 g/mol. The number of aromatic nitrogens is 3. The molecule has 0 atom stereocenters. The third kappa shape index (κ3) is 1.54. The van der Waals surface area contributed by atoms with Gasteiger partial charge >= 0.3 is 0 Å². The Kier molecular flexibility index (Phi) is 2.33. The highest BCUT2D eigenvalue weighted by Crippen LogP contribution is 2.38. The first-order valence-corrected chi connectivity index (χ1v) is 6.95. The Morgan fingerprint density at radius 3 is 3.05 bits per heavy atom. The summed E-state index contributed by atoms with van der Waals surface area (Å²) < 4.78 is 1.77. The number of anilines is 1. The number of nitrogens with zero attached hydrogens (tertiary/aromatic N) is 3. The second kappa shape index (κ2) is 4.07. The van der Waals surface area contributed by atoms with E-state index in [1.54, 1.807) is 10.7 Å². The Morgan fingerprint density at radius 2 is 2.15 bits per heavy atom. The molecule has 0 bridgehead atoms. The van der Waals surface area contributed by atoms with Crippen molar-refractivity contribution in [3.8, 4) is 11.1 Å². The van der Waals surface area contributed by atoms with Gasteiger partial charge in [-0.25, -0.2) is 4.52 Å². The molecule has 100 valence electrons. The summed E-state index contributed by atoms with van der Waals surface area (Å²) in [5, 5.41) is 7.91. The van der Waals surface area contributed by atoms with Crippen LogP contribution in [0.2, 0.25) is 0 Å². The lowest BCUT2D eigenvalue weighted by Crippen LogP contribution is -2.00. The lowest BCUT2D eigenvalue weighted by molar-refractivity contribution is 0.856. The first-order valence-electron chi connectivity index (χ1n) is 6.95. The van der Waals surface area contributed by atoms with Crippen LogP contribution in [0.15, 0.2) is 30.6 Å². The Balaban J connectivity index is 1.97. The van der Waals surface area contributed by atoms with E-state index in [4.69, 9.17) is 5.73 Å². The van der Waals surface area contributed by atoms with Crippen LogP contribution < -0.4 is 5.73 Å². The third-order valence-corrected chi connectivity index (χ3v) is 4.23. The molecule has 20 heavy (non-hydrogen) atoms. The first-order chi connectivity index (χ1) is 9.74. The summed E-state index contributed by atoms with van der Waals surface area (Å²) in [6.45, 7) is 2.14. The number of benzene rings is 1. The fourth-order valence-electron chi connectivity index (χ4n) is 3.30. The van der Waals surface area contributed by atoms with Gasteiger partial charge in [0.05, 0.1) is 11.7 Å². The van der Waals surface area contributed by atoms with Crippen LogP contribution in [0.1, 0.15) is 23.1 Å². The van der Waals surface area contributed by atoms with Crippen LogP contribution in [-0.4, -0.2) is 14.8 Å². The van der Waals surface area contributed by atoms with Crippen LogP contribution >= 0.6 is 0 Å². The maximum absolute atomic E-state index is 6.45. The van der Waals surface area contributed by atoms with Gasteiger partial charge in [-0.2, -0.15) is 0 Å². The summed E-state index contributed by atoms with van der Waals surface area (Å²) in [5.41, 5.74) is 14.7. The number of hydrogen-bond donors (Lipinski definition) is 1. The molecule has 0 saturated carbocycles. The van der Waals surface area contributed by atoms with Crippen molar-refractivity contribution < 1.29 is 0 Å². The van der Waals surface area contributed by atoms with Crippen molar-refractivity contribution in [1.82, 2.24) is 14.8 Å². The van der Waals surface area contributed by atoms with Crippen molar-refractivity contribution in [1.29, 1.82) is 0 Å². The van der Waals surface area contributed by atoms with Crippen molar-refractivity contribution in [2.75, 3.05) is 5.73 Å². The first kappa shape index (κ1) is 11.5. The van der Waals surface area contributed by atoms with Gasteiger partial charge in [0.1, 0.15) is 0 Å². The Bertz CT molecular complexity index is 817. The van der Waals surface area contributed by atoms with E-state index in [2.05, 4.69) is 35.4 Å². The lowest BCUT2D eigenvalue weighted by Gasteiger charge is -2.14. The second-order valence-electron chi connectivity index (χ2n) is 5.49. The molecule has 3 aromatic rings. The molecular weight excluding hydrogens is 248 g/mol. The maximum Gasteiger partial charge on any atom is 0.0871 e. The Hall–Kier alpha value is -2.36. The fraction of sp³-hybridized carbons (Fsp3) is 0.250. The molecule has 1 aliphatic rings. The van der Waals surface area contributed by atoms with Gasteiger partial charge in [0, 0.05) is 17.4 Å². The van der Waals surface area contributed by atoms with Gasteiger partial charge in [-0.15, -0.1) is 5.10 Å². The zero-order chi connectivity index (χ0) is 13.7. The number of nitrogen functional groups attached to an aromatic ring is 1. The highest BCUT2D eigenvalue weighted by Gasteiger charge is 2.19. The quantitative estimate of drug-likeness (QED) is 0.688. The molecule has 0 saturated heterocycles. The molecule has 0 spiro atoms. The maximum atomic E-state index is 6.45. The fourth-order valence-corrected chi connectivity index (χ4v) is 3.30. The zero-order valence-corrected chi connectivity index (χ0v) is 11.4. The molecule has 1 aliphatic carbocycles. The van der Waals surface area contributed by atoms with Crippen LogP contribution in [-0.2, 0) is 12.8 Å².